The lowest BCUT2D eigenvalue weighted by atomic mass is 10.1. The molecule has 1 amide bonds. The van der Waals surface area contributed by atoms with Gasteiger partial charge in [-0.3, -0.25) is 4.79 Å². The minimum atomic E-state index is -0.109. The molecule has 2 N–H and O–H groups in total. The number of halogens is 1. The minimum Gasteiger partial charge on any atom is -0.454 e. The summed E-state index contributed by atoms with van der Waals surface area (Å²) in [4.78, 5) is 13.4. The van der Waals surface area contributed by atoms with E-state index in [0.29, 0.717) is 27.8 Å². The molecular weight excluding hydrogens is 288 g/mol. The lowest BCUT2D eigenvalue weighted by Crippen LogP contribution is -2.21. The summed E-state index contributed by atoms with van der Waals surface area (Å²) < 4.78 is 5.73. The van der Waals surface area contributed by atoms with Crippen LogP contribution in [0.15, 0.2) is 36.4 Å². The average molecular weight is 305 g/mol. The normalized spacial score (nSPS) is 10.3. The standard InChI is InChI=1S/C16H17ClN2O2/c1-10-4-6-12(17)15(8-10)21-14-7-5-11(9-13(14)18)16(20)19(2)3/h4-9H,18H2,1-3H3. The summed E-state index contributed by atoms with van der Waals surface area (Å²) >= 11 is 6.10. The van der Waals surface area contributed by atoms with Crippen molar-refractivity contribution in [3.8, 4) is 11.5 Å². The predicted octanol–water partition coefficient (Wildman–Crippen LogP) is 3.72. The van der Waals surface area contributed by atoms with E-state index >= 15 is 0 Å². The number of hydrogen-bond donors (Lipinski definition) is 1. The van der Waals surface area contributed by atoms with Crippen LogP contribution in [0.2, 0.25) is 5.02 Å². The molecule has 0 aliphatic heterocycles. The third-order valence-corrected chi connectivity index (χ3v) is 3.28. The van der Waals surface area contributed by atoms with Gasteiger partial charge in [-0.2, -0.15) is 0 Å². The van der Waals surface area contributed by atoms with Crippen LogP contribution in [0.5, 0.6) is 11.5 Å². The van der Waals surface area contributed by atoms with Crippen LogP contribution >= 0.6 is 11.6 Å². The molecule has 0 saturated carbocycles. The van der Waals surface area contributed by atoms with Crippen molar-refractivity contribution in [3.05, 3.63) is 52.5 Å². The van der Waals surface area contributed by atoms with E-state index < -0.39 is 0 Å². The summed E-state index contributed by atoms with van der Waals surface area (Å²) in [5, 5.41) is 0.508. The Hall–Kier alpha value is -2.20. The Morgan fingerprint density at radius 3 is 2.48 bits per heavy atom. The number of hydrogen-bond acceptors (Lipinski definition) is 3. The number of amides is 1. The smallest absolute Gasteiger partial charge is 0.253 e. The highest BCUT2D eigenvalue weighted by atomic mass is 35.5. The number of rotatable bonds is 3. The van der Waals surface area contributed by atoms with Crippen molar-refractivity contribution < 1.29 is 9.53 Å². The number of anilines is 1. The highest BCUT2D eigenvalue weighted by Gasteiger charge is 2.12. The van der Waals surface area contributed by atoms with E-state index in [9.17, 15) is 4.79 Å². The number of ether oxygens (including phenoxy) is 1. The van der Waals surface area contributed by atoms with Crippen LogP contribution in [-0.2, 0) is 0 Å². The zero-order chi connectivity index (χ0) is 15.6. The third kappa shape index (κ3) is 3.47. The fourth-order valence-corrected chi connectivity index (χ4v) is 2.00. The molecule has 0 aliphatic carbocycles. The van der Waals surface area contributed by atoms with E-state index in [4.69, 9.17) is 22.1 Å². The molecule has 21 heavy (non-hydrogen) atoms. The first-order chi connectivity index (χ1) is 9.88. The molecule has 0 aromatic heterocycles. The van der Waals surface area contributed by atoms with Crippen molar-refractivity contribution in [2.24, 2.45) is 0 Å². The molecule has 4 nitrogen and oxygen atoms in total. The van der Waals surface area contributed by atoms with Gasteiger partial charge < -0.3 is 15.4 Å². The highest BCUT2D eigenvalue weighted by molar-refractivity contribution is 6.32. The van der Waals surface area contributed by atoms with Crippen LogP contribution in [0.3, 0.4) is 0 Å². The van der Waals surface area contributed by atoms with Gasteiger partial charge in [0.2, 0.25) is 0 Å². The maximum Gasteiger partial charge on any atom is 0.253 e. The number of nitrogen functional groups attached to an aromatic ring is 1. The molecule has 2 aromatic rings. The molecule has 0 atom stereocenters. The van der Waals surface area contributed by atoms with Crippen molar-refractivity contribution in [3.63, 3.8) is 0 Å². The van der Waals surface area contributed by atoms with E-state index in [1.807, 2.05) is 19.1 Å². The Morgan fingerprint density at radius 1 is 1.14 bits per heavy atom. The van der Waals surface area contributed by atoms with Crippen molar-refractivity contribution in [2.75, 3.05) is 19.8 Å². The summed E-state index contributed by atoms with van der Waals surface area (Å²) in [6.07, 6.45) is 0. The number of aryl methyl sites for hydroxylation is 1. The second kappa shape index (κ2) is 6.06. The van der Waals surface area contributed by atoms with Gasteiger partial charge in [0.25, 0.3) is 5.91 Å². The predicted molar refractivity (Wildman–Crippen MR) is 85.1 cm³/mol. The Morgan fingerprint density at radius 2 is 1.86 bits per heavy atom. The van der Waals surface area contributed by atoms with Crippen molar-refractivity contribution in [2.45, 2.75) is 6.92 Å². The zero-order valence-electron chi connectivity index (χ0n) is 12.2. The molecule has 110 valence electrons. The van der Waals surface area contributed by atoms with E-state index in [-0.39, 0.29) is 5.91 Å². The number of benzene rings is 2. The summed E-state index contributed by atoms with van der Waals surface area (Å²) in [6.45, 7) is 1.95. The topological polar surface area (TPSA) is 55.6 Å². The minimum absolute atomic E-state index is 0.109. The first kappa shape index (κ1) is 15.2. The Kier molecular flexibility index (Phi) is 4.38. The monoisotopic (exact) mass is 304 g/mol. The van der Waals surface area contributed by atoms with Gasteiger partial charge in [-0.15, -0.1) is 0 Å². The lowest BCUT2D eigenvalue weighted by molar-refractivity contribution is 0.0827. The van der Waals surface area contributed by atoms with Crippen LogP contribution in [-0.4, -0.2) is 24.9 Å². The largest absolute Gasteiger partial charge is 0.454 e. The number of carbonyl (C=O) groups excluding carboxylic acids is 1. The summed E-state index contributed by atoms with van der Waals surface area (Å²) in [5.41, 5.74) is 7.89. The quantitative estimate of drug-likeness (QED) is 0.879. The molecule has 0 saturated heterocycles. The van der Waals surface area contributed by atoms with Gasteiger partial charge in [0, 0.05) is 19.7 Å². The molecule has 0 aliphatic rings. The average Bonchev–Trinajstić information content (AvgIpc) is 2.44. The zero-order valence-corrected chi connectivity index (χ0v) is 12.9. The van der Waals surface area contributed by atoms with Gasteiger partial charge >= 0.3 is 0 Å². The second-order valence-corrected chi connectivity index (χ2v) is 5.40. The number of nitrogens with two attached hydrogens (primary N) is 1. The first-order valence-corrected chi connectivity index (χ1v) is 6.81. The highest BCUT2D eigenvalue weighted by Crippen LogP contribution is 2.33. The van der Waals surface area contributed by atoms with Gasteiger partial charge in [-0.05, 0) is 42.8 Å². The molecular formula is C16H17ClN2O2. The molecule has 0 spiro atoms. The summed E-state index contributed by atoms with van der Waals surface area (Å²) in [6, 6.07) is 10.5. The van der Waals surface area contributed by atoms with Gasteiger partial charge in [-0.1, -0.05) is 17.7 Å². The van der Waals surface area contributed by atoms with Crippen LogP contribution in [0.1, 0.15) is 15.9 Å². The Labute approximate surface area is 129 Å². The van der Waals surface area contributed by atoms with Crippen LogP contribution < -0.4 is 10.5 Å². The van der Waals surface area contributed by atoms with Crippen molar-refractivity contribution in [1.29, 1.82) is 0 Å². The van der Waals surface area contributed by atoms with E-state index in [0.717, 1.165) is 5.56 Å². The lowest BCUT2D eigenvalue weighted by Gasteiger charge is -2.13. The number of nitrogens with zero attached hydrogens (tertiary/aromatic N) is 1. The van der Waals surface area contributed by atoms with Crippen LogP contribution in [0.25, 0.3) is 0 Å². The molecule has 5 heteroatoms. The Balaban J connectivity index is 2.30. The van der Waals surface area contributed by atoms with Crippen molar-refractivity contribution in [1.82, 2.24) is 4.90 Å². The van der Waals surface area contributed by atoms with Gasteiger partial charge in [-0.25, -0.2) is 0 Å². The fourth-order valence-electron chi connectivity index (χ4n) is 1.84. The molecule has 2 rings (SSSR count). The van der Waals surface area contributed by atoms with Crippen molar-refractivity contribution >= 4 is 23.2 Å². The molecule has 0 unspecified atom stereocenters. The maximum atomic E-state index is 11.9. The number of carbonyl (C=O) groups is 1. The van der Waals surface area contributed by atoms with E-state index in [2.05, 4.69) is 0 Å². The van der Waals surface area contributed by atoms with Gasteiger partial charge in [0.1, 0.15) is 11.5 Å². The SMILES string of the molecule is Cc1ccc(Cl)c(Oc2ccc(C(=O)N(C)C)cc2N)c1. The molecule has 0 heterocycles. The Bertz CT molecular complexity index is 684. The fraction of sp³-hybridized carbons (Fsp3) is 0.188. The van der Waals surface area contributed by atoms with Gasteiger partial charge in [0.05, 0.1) is 10.7 Å². The molecule has 0 radical (unpaired) electrons. The van der Waals surface area contributed by atoms with E-state index in [1.165, 1.54) is 4.90 Å². The third-order valence-electron chi connectivity index (χ3n) is 2.97. The van der Waals surface area contributed by atoms with Crippen LogP contribution in [0.4, 0.5) is 5.69 Å². The molecule has 2 aromatic carbocycles. The second-order valence-electron chi connectivity index (χ2n) is 4.99. The summed E-state index contributed by atoms with van der Waals surface area (Å²) in [7, 11) is 3.38. The molecule has 0 fully saturated rings. The van der Waals surface area contributed by atoms with Gasteiger partial charge in [0.15, 0.2) is 0 Å². The van der Waals surface area contributed by atoms with E-state index in [1.54, 1.807) is 38.4 Å². The molecule has 0 bridgehead atoms. The maximum absolute atomic E-state index is 11.9. The van der Waals surface area contributed by atoms with Crippen LogP contribution in [0, 0.1) is 6.92 Å². The summed E-state index contributed by atoms with van der Waals surface area (Å²) in [5.74, 6) is 0.898. The first-order valence-electron chi connectivity index (χ1n) is 6.43.